The molecule has 90 valence electrons. The van der Waals surface area contributed by atoms with E-state index in [2.05, 4.69) is 28.8 Å². The second kappa shape index (κ2) is 5.01. The fourth-order valence-corrected chi connectivity index (χ4v) is 3.03. The van der Waals surface area contributed by atoms with Crippen LogP contribution in [0.4, 0.5) is 10.1 Å². The number of nitrogen functional groups attached to an aromatic ring is 1. The van der Waals surface area contributed by atoms with E-state index >= 15 is 0 Å². The lowest BCUT2D eigenvalue weighted by Gasteiger charge is -2.29. The minimum atomic E-state index is 0.568. The van der Waals surface area contributed by atoms with E-state index in [0.29, 0.717) is 6.04 Å². The van der Waals surface area contributed by atoms with Gasteiger partial charge in [-0.3, -0.25) is 0 Å². The molecule has 0 bridgehead atoms. The molecule has 1 aliphatic rings. The number of anilines is 2. The molecule has 0 radical (unpaired) electrons. The molecule has 5 heteroatoms. The maximum Gasteiger partial charge on any atom is 0.187 e. The Morgan fingerprint density at radius 1 is 1.56 bits per heavy atom. The van der Waals surface area contributed by atoms with Crippen LogP contribution in [0.3, 0.4) is 0 Å². The van der Waals surface area contributed by atoms with Gasteiger partial charge in [0.05, 0.1) is 6.20 Å². The molecule has 0 aliphatic carbocycles. The molecule has 1 unspecified atom stereocenters. The maximum atomic E-state index is 5.76. The Balaban J connectivity index is 2.17. The lowest BCUT2D eigenvalue weighted by atomic mass is 10.2. The van der Waals surface area contributed by atoms with Gasteiger partial charge >= 0.3 is 0 Å². The molecule has 1 aliphatic heterocycles. The van der Waals surface area contributed by atoms with Crippen molar-refractivity contribution in [1.82, 2.24) is 9.88 Å². The number of thiazole rings is 1. The van der Waals surface area contributed by atoms with Crippen molar-refractivity contribution in [3.05, 3.63) is 6.20 Å². The molecule has 1 atom stereocenters. The Kier molecular flexibility index (Phi) is 3.66. The van der Waals surface area contributed by atoms with Crippen molar-refractivity contribution < 1.29 is 0 Å². The molecular formula is C11H20N4S. The van der Waals surface area contributed by atoms with Crippen molar-refractivity contribution in [3.63, 3.8) is 0 Å². The fraction of sp³-hybridized carbons (Fsp3) is 0.727. The zero-order valence-electron chi connectivity index (χ0n) is 10.0. The van der Waals surface area contributed by atoms with Crippen LogP contribution in [0.2, 0.25) is 0 Å². The second-order valence-electron chi connectivity index (χ2n) is 4.42. The number of nitrogens with two attached hydrogens (primary N) is 1. The molecule has 4 nitrogen and oxygen atoms in total. The van der Waals surface area contributed by atoms with Gasteiger partial charge in [0.15, 0.2) is 5.13 Å². The fourth-order valence-electron chi connectivity index (χ4n) is 2.25. The van der Waals surface area contributed by atoms with Crippen LogP contribution >= 0.6 is 11.3 Å². The molecule has 1 saturated heterocycles. The highest BCUT2D eigenvalue weighted by molar-refractivity contribution is 7.19. The Hall–Kier alpha value is -0.810. The number of hydrogen-bond donors (Lipinski definition) is 1. The summed E-state index contributed by atoms with van der Waals surface area (Å²) in [7, 11) is 2.20. The SMILES string of the molecule is CCC1CN(C)CCCN1c1ncc(N)s1. The first-order chi connectivity index (χ1) is 7.70. The van der Waals surface area contributed by atoms with Crippen LogP contribution < -0.4 is 10.6 Å². The first-order valence-electron chi connectivity index (χ1n) is 5.87. The van der Waals surface area contributed by atoms with Gasteiger partial charge in [0.2, 0.25) is 0 Å². The molecule has 2 N–H and O–H groups in total. The highest BCUT2D eigenvalue weighted by atomic mass is 32.1. The summed E-state index contributed by atoms with van der Waals surface area (Å²) in [5.41, 5.74) is 5.76. The molecule has 0 amide bonds. The van der Waals surface area contributed by atoms with Crippen LogP contribution in [-0.2, 0) is 0 Å². The third-order valence-corrected chi connectivity index (χ3v) is 3.99. The van der Waals surface area contributed by atoms with Crippen LogP contribution in [0.5, 0.6) is 0 Å². The van der Waals surface area contributed by atoms with Gasteiger partial charge in [-0.2, -0.15) is 0 Å². The van der Waals surface area contributed by atoms with Crippen molar-refractivity contribution in [2.24, 2.45) is 0 Å². The summed E-state index contributed by atoms with van der Waals surface area (Å²) >= 11 is 1.60. The lowest BCUT2D eigenvalue weighted by Crippen LogP contribution is -2.39. The van der Waals surface area contributed by atoms with Gasteiger partial charge in [-0.1, -0.05) is 18.3 Å². The maximum absolute atomic E-state index is 5.76. The molecule has 1 fully saturated rings. The van der Waals surface area contributed by atoms with Gasteiger partial charge in [-0.05, 0) is 26.4 Å². The number of likely N-dealkylation sites (N-methyl/N-ethyl adjacent to an activating group) is 1. The summed E-state index contributed by atoms with van der Waals surface area (Å²) in [6, 6.07) is 0.568. The molecular weight excluding hydrogens is 220 g/mol. The average Bonchev–Trinajstić information content (AvgIpc) is 2.58. The average molecular weight is 240 g/mol. The van der Waals surface area contributed by atoms with Gasteiger partial charge in [0.25, 0.3) is 0 Å². The van der Waals surface area contributed by atoms with Crippen LogP contribution in [0.1, 0.15) is 19.8 Å². The van der Waals surface area contributed by atoms with E-state index in [0.717, 1.165) is 29.6 Å². The van der Waals surface area contributed by atoms with Crippen LogP contribution in [-0.4, -0.2) is 42.6 Å². The molecule has 2 heterocycles. The molecule has 0 spiro atoms. The number of hydrogen-bond acceptors (Lipinski definition) is 5. The van der Waals surface area contributed by atoms with Gasteiger partial charge < -0.3 is 15.5 Å². The molecule has 16 heavy (non-hydrogen) atoms. The summed E-state index contributed by atoms with van der Waals surface area (Å²) < 4.78 is 0. The number of aromatic nitrogens is 1. The highest BCUT2D eigenvalue weighted by Crippen LogP contribution is 2.28. The summed E-state index contributed by atoms with van der Waals surface area (Å²) in [4.78, 5) is 9.23. The van der Waals surface area contributed by atoms with E-state index in [4.69, 9.17) is 5.73 Å². The zero-order chi connectivity index (χ0) is 11.5. The molecule has 2 rings (SSSR count). The van der Waals surface area contributed by atoms with Crippen molar-refractivity contribution in [2.45, 2.75) is 25.8 Å². The molecule has 1 aromatic rings. The summed E-state index contributed by atoms with van der Waals surface area (Å²) in [5, 5.41) is 1.89. The van der Waals surface area contributed by atoms with Gasteiger partial charge in [0.1, 0.15) is 5.00 Å². The Bertz CT molecular complexity index is 338. The van der Waals surface area contributed by atoms with Gasteiger partial charge in [-0.25, -0.2) is 4.98 Å². The molecule has 1 aromatic heterocycles. The highest BCUT2D eigenvalue weighted by Gasteiger charge is 2.23. The molecule has 0 aromatic carbocycles. The van der Waals surface area contributed by atoms with E-state index in [1.54, 1.807) is 17.5 Å². The Labute approximate surface area is 101 Å². The smallest absolute Gasteiger partial charge is 0.187 e. The van der Waals surface area contributed by atoms with Crippen LogP contribution in [0.15, 0.2) is 6.20 Å². The minimum absolute atomic E-state index is 0.568. The third-order valence-electron chi connectivity index (χ3n) is 3.13. The van der Waals surface area contributed by atoms with E-state index in [1.807, 2.05) is 0 Å². The largest absolute Gasteiger partial charge is 0.389 e. The summed E-state index contributed by atoms with van der Waals surface area (Å²) in [6.45, 7) is 5.63. The topological polar surface area (TPSA) is 45.4 Å². The van der Waals surface area contributed by atoms with Crippen molar-refractivity contribution in [2.75, 3.05) is 37.3 Å². The monoisotopic (exact) mass is 240 g/mol. The minimum Gasteiger partial charge on any atom is -0.389 e. The first kappa shape index (κ1) is 11.7. The van der Waals surface area contributed by atoms with Crippen LogP contribution in [0, 0.1) is 0 Å². The van der Waals surface area contributed by atoms with Gasteiger partial charge in [-0.15, -0.1) is 0 Å². The van der Waals surface area contributed by atoms with E-state index in [1.165, 1.54) is 13.0 Å². The van der Waals surface area contributed by atoms with E-state index < -0.39 is 0 Å². The predicted molar refractivity (Wildman–Crippen MR) is 70.1 cm³/mol. The lowest BCUT2D eigenvalue weighted by molar-refractivity contribution is 0.328. The Morgan fingerprint density at radius 2 is 2.38 bits per heavy atom. The van der Waals surface area contributed by atoms with E-state index in [9.17, 15) is 0 Å². The zero-order valence-corrected chi connectivity index (χ0v) is 10.8. The third kappa shape index (κ3) is 2.47. The normalized spacial score (nSPS) is 23.4. The van der Waals surface area contributed by atoms with E-state index in [-0.39, 0.29) is 0 Å². The standard InChI is InChI=1S/C11H20N4S/c1-3-9-8-14(2)5-4-6-15(9)11-13-7-10(12)16-11/h7,9H,3-6,8,12H2,1-2H3. The van der Waals surface area contributed by atoms with Crippen molar-refractivity contribution >= 4 is 21.5 Å². The predicted octanol–water partition coefficient (Wildman–Crippen LogP) is 1.65. The summed E-state index contributed by atoms with van der Waals surface area (Å²) in [5.74, 6) is 0. The van der Waals surface area contributed by atoms with Crippen molar-refractivity contribution in [3.8, 4) is 0 Å². The van der Waals surface area contributed by atoms with Crippen molar-refractivity contribution in [1.29, 1.82) is 0 Å². The van der Waals surface area contributed by atoms with Gasteiger partial charge in [0, 0.05) is 19.1 Å². The second-order valence-corrected chi connectivity index (χ2v) is 5.46. The number of nitrogens with zero attached hydrogens (tertiary/aromatic N) is 3. The van der Waals surface area contributed by atoms with Crippen LogP contribution in [0.25, 0.3) is 0 Å². The quantitative estimate of drug-likeness (QED) is 0.853. The molecule has 0 saturated carbocycles. The Morgan fingerprint density at radius 3 is 3.00 bits per heavy atom. The summed E-state index contributed by atoms with van der Waals surface area (Å²) in [6.07, 6.45) is 4.12. The number of rotatable bonds is 2. The first-order valence-corrected chi connectivity index (χ1v) is 6.69.